The van der Waals surface area contributed by atoms with Crippen LogP contribution in [0.2, 0.25) is 0 Å². The van der Waals surface area contributed by atoms with Crippen LogP contribution in [0, 0.1) is 0 Å². The van der Waals surface area contributed by atoms with Gasteiger partial charge in [-0.3, -0.25) is 14.4 Å². The maximum absolute atomic E-state index is 12.9. The highest BCUT2D eigenvalue weighted by molar-refractivity contribution is 5.71. The van der Waals surface area contributed by atoms with Crippen molar-refractivity contribution in [2.24, 2.45) is 0 Å². The van der Waals surface area contributed by atoms with E-state index in [2.05, 4.69) is 57.2 Å². The third kappa shape index (κ3) is 56.4. The Bertz CT molecular complexity index is 1160. The van der Waals surface area contributed by atoms with Gasteiger partial charge >= 0.3 is 17.9 Å². The number of hydrogen-bond acceptors (Lipinski definition) is 6. The number of esters is 3. The largest absolute Gasteiger partial charge is 0.462 e. The molecule has 0 amide bonds. The van der Waals surface area contributed by atoms with Crippen LogP contribution in [0.3, 0.4) is 0 Å². The monoisotopic (exact) mass is 969 g/mol. The molecule has 404 valence electrons. The van der Waals surface area contributed by atoms with Crippen LogP contribution in [0.15, 0.2) is 36.5 Å². The highest BCUT2D eigenvalue weighted by Gasteiger charge is 2.19. The predicted octanol–water partition coefficient (Wildman–Crippen LogP) is 20.4. The summed E-state index contributed by atoms with van der Waals surface area (Å²) in [5, 5.41) is 0. The number of unbranched alkanes of at least 4 members (excludes halogenated alkanes) is 39. The van der Waals surface area contributed by atoms with Crippen molar-refractivity contribution in [2.75, 3.05) is 13.2 Å². The number of carbonyl (C=O) groups excluding carboxylic acids is 3. The lowest BCUT2D eigenvalue weighted by Gasteiger charge is -2.18. The van der Waals surface area contributed by atoms with E-state index in [9.17, 15) is 14.4 Å². The van der Waals surface area contributed by atoms with Gasteiger partial charge in [-0.2, -0.15) is 0 Å². The van der Waals surface area contributed by atoms with Crippen molar-refractivity contribution < 1.29 is 28.6 Å². The van der Waals surface area contributed by atoms with Gasteiger partial charge < -0.3 is 14.2 Å². The minimum atomic E-state index is -0.788. The third-order valence-electron chi connectivity index (χ3n) is 13.6. The average Bonchev–Trinajstić information content (AvgIpc) is 3.35. The molecule has 0 aliphatic heterocycles. The Kier molecular flexibility index (Phi) is 56.2. The summed E-state index contributed by atoms with van der Waals surface area (Å²) in [6.07, 6.45) is 70.1. The molecule has 0 heterocycles. The highest BCUT2D eigenvalue weighted by atomic mass is 16.6. The Balaban J connectivity index is 4.35. The fraction of sp³-hybridized carbons (Fsp3) is 0.857. The fourth-order valence-electron chi connectivity index (χ4n) is 9.05. The van der Waals surface area contributed by atoms with E-state index < -0.39 is 6.10 Å². The van der Waals surface area contributed by atoms with Crippen molar-refractivity contribution in [3.63, 3.8) is 0 Å². The number of carbonyl (C=O) groups is 3. The lowest BCUT2D eigenvalue weighted by Crippen LogP contribution is -2.30. The molecule has 0 radical (unpaired) electrons. The zero-order valence-electron chi connectivity index (χ0n) is 46.3. The Morgan fingerprint density at radius 2 is 0.536 bits per heavy atom. The summed E-state index contributed by atoms with van der Waals surface area (Å²) in [7, 11) is 0. The van der Waals surface area contributed by atoms with E-state index in [4.69, 9.17) is 14.2 Å². The SMILES string of the molecule is CCCCCCCC/C=C\C/C=C\C/C=C\CCCC(=O)OC[C@H](COC(=O)CCCCCCCCCCCCCCC)OC(=O)CCCCCCCCCCCCCCCCCCCCCCC. The van der Waals surface area contributed by atoms with Crippen molar-refractivity contribution in [1.29, 1.82) is 0 Å². The van der Waals surface area contributed by atoms with E-state index in [0.29, 0.717) is 25.7 Å². The summed E-state index contributed by atoms with van der Waals surface area (Å²) in [6.45, 7) is 6.64. The molecule has 0 saturated carbocycles. The molecule has 0 unspecified atom stereocenters. The van der Waals surface area contributed by atoms with Crippen molar-refractivity contribution in [3.05, 3.63) is 36.5 Å². The van der Waals surface area contributed by atoms with Gasteiger partial charge in [-0.15, -0.1) is 0 Å². The number of rotatable bonds is 56. The molecule has 0 saturated heterocycles. The summed E-state index contributed by atoms with van der Waals surface area (Å²) < 4.78 is 16.9. The third-order valence-corrected chi connectivity index (χ3v) is 13.6. The van der Waals surface area contributed by atoms with Gasteiger partial charge in [0.15, 0.2) is 6.10 Å². The summed E-state index contributed by atoms with van der Waals surface area (Å²) in [5.41, 5.74) is 0. The standard InChI is InChI=1S/C63H116O6/c1-4-7-10-13-16-19-22-25-27-29-30-31-32-34-36-39-42-45-48-51-54-57-63(66)69-60(58-67-61(64)55-52-49-46-43-40-37-24-21-18-15-12-9-6-3)59-68-62(65)56-53-50-47-44-41-38-35-33-28-26-23-20-17-14-11-8-5-2/h26,28,35,38,44,47,60H,4-25,27,29-34,36-37,39-43,45-46,48-59H2,1-3H3/b28-26-,38-35-,47-44-/t60-/m0/s1. The molecule has 0 aromatic heterocycles. The molecule has 0 fully saturated rings. The second kappa shape index (κ2) is 58.2. The molecule has 0 aliphatic carbocycles. The van der Waals surface area contributed by atoms with Crippen LogP contribution in [0.4, 0.5) is 0 Å². The molecule has 0 N–H and O–H groups in total. The van der Waals surface area contributed by atoms with Gasteiger partial charge in [-0.1, -0.05) is 295 Å². The second-order valence-electron chi connectivity index (χ2n) is 20.6. The first-order valence-electron chi connectivity index (χ1n) is 30.5. The number of allylic oxidation sites excluding steroid dienone is 6. The molecule has 0 aliphatic rings. The first-order valence-corrected chi connectivity index (χ1v) is 30.5. The van der Waals surface area contributed by atoms with Gasteiger partial charge in [0.1, 0.15) is 13.2 Å². The van der Waals surface area contributed by atoms with E-state index in [1.807, 2.05) is 0 Å². The van der Waals surface area contributed by atoms with E-state index in [1.54, 1.807) is 0 Å². The zero-order valence-corrected chi connectivity index (χ0v) is 46.3. The molecule has 0 rings (SSSR count). The van der Waals surface area contributed by atoms with Gasteiger partial charge in [0.2, 0.25) is 0 Å². The second-order valence-corrected chi connectivity index (χ2v) is 20.6. The number of ether oxygens (including phenoxy) is 3. The molecular weight excluding hydrogens is 853 g/mol. The van der Waals surface area contributed by atoms with E-state index in [-0.39, 0.29) is 31.1 Å². The van der Waals surface area contributed by atoms with Gasteiger partial charge in [0.05, 0.1) is 0 Å². The number of hydrogen-bond donors (Lipinski definition) is 0. The topological polar surface area (TPSA) is 78.9 Å². The van der Waals surface area contributed by atoms with Crippen LogP contribution in [-0.4, -0.2) is 37.2 Å². The van der Waals surface area contributed by atoms with Gasteiger partial charge in [0.25, 0.3) is 0 Å². The van der Waals surface area contributed by atoms with Gasteiger partial charge in [0, 0.05) is 19.3 Å². The normalized spacial score (nSPS) is 12.2. The molecule has 0 bridgehead atoms. The molecule has 0 aromatic rings. The Hall–Kier alpha value is -2.37. The predicted molar refractivity (Wildman–Crippen MR) is 298 cm³/mol. The molecule has 69 heavy (non-hydrogen) atoms. The molecule has 6 nitrogen and oxygen atoms in total. The van der Waals surface area contributed by atoms with Crippen LogP contribution >= 0.6 is 0 Å². The zero-order chi connectivity index (χ0) is 50.0. The van der Waals surface area contributed by atoms with Crippen molar-refractivity contribution in [3.8, 4) is 0 Å². The van der Waals surface area contributed by atoms with Crippen LogP contribution in [0.5, 0.6) is 0 Å². The van der Waals surface area contributed by atoms with Crippen LogP contribution < -0.4 is 0 Å². The smallest absolute Gasteiger partial charge is 0.306 e. The summed E-state index contributed by atoms with van der Waals surface area (Å²) in [6, 6.07) is 0. The van der Waals surface area contributed by atoms with Crippen molar-refractivity contribution in [2.45, 2.75) is 335 Å². The maximum atomic E-state index is 12.9. The molecule has 1 atom stereocenters. The van der Waals surface area contributed by atoms with Gasteiger partial charge in [-0.05, 0) is 51.4 Å². The molecule has 6 heteroatoms. The van der Waals surface area contributed by atoms with Crippen molar-refractivity contribution >= 4 is 17.9 Å². The fourth-order valence-corrected chi connectivity index (χ4v) is 9.05. The Morgan fingerprint density at radius 1 is 0.290 bits per heavy atom. The first-order chi connectivity index (χ1) is 34.0. The lowest BCUT2D eigenvalue weighted by atomic mass is 10.0. The quantitative estimate of drug-likeness (QED) is 0.0261. The van der Waals surface area contributed by atoms with Crippen LogP contribution in [0.1, 0.15) is 329 Å². The summed E-state index contributed by atoms with van der Waals surface area (Å²) >= 11 is 0. The van der Waals surface area contributed by atoms with E-state index in [1.165, 1.54) is 225 Å². The minimum Gasteiger partial charge on any atom is -0.462 e. The van der Waals surface area contributed by atoms with E-state index in [0.717, 1.165) is 57.8 Å². The first kappa shape index (κ1) is 66.6. The van der Waals surface area contributed by atoms with Crippen molar-refractivity contribution in [1.82, 2.24) is 0 Å². The van der Waals surface area contributed by atoms with E-state index >= 15 is 0 Å². The average molecular weight is 970 g/mol. The molecule has 0 spiro atoms. The Labute approximate surface area is 429 Å². The summed E-state index contributed by atoms with van der Waals surface area (Å²) in [5.74, 6) is -0.916. The minimum absolute atomic E-state index is 0.0826. The summed E-state index contributed by atoms with van der Waals surface area (Å²) in [4.78, 5) is 38.2. The Morgan fingerprint density at radius 3 is 0.870 bits per heavy atom. The van der Waals surface area contributed by atoms with Crippen LogP contribution in [-0.2, 0) is 28.6 Å². The van der Waals surface area contributed by atoms with Gasteiger partial charge in [-0.25, -0.2) is 0 Å². The molecule has 0 aromatic carbocycles. The highest BCUT2D eigenvalue weighted by Crippen LogP contribution is 2.17. The lowest BCUT2D eigenvalue weighted by molar-refractivity contribution is -0.167. The molecular formula is C63H116O6. The maximum Gasteiger partial charge on any atom is 0.306 e. The van der Waals surface area contributed by atoms with Crippen LogP contribution in [0.25, 0.3) is 0 Å².